The number of likely N-dealkylation sites (tertiary alicyclic amines) is 1. The molecule has 41 heavy (non-hydrogen) atoms. The molecular weight excluding hydrogens is 520 g/mol. The number of oxazole rings is 1. The van der Waals surface area contributed by atoms with Crippen molar-refractivity contribution in [3.63, 3.8) is 0 Å². The molecule has 1 saturated heterocycles. The Hall–Kier alpha value is -3.81. The fourth-order valence-corrected chi connectivity index (χ4v) is 5.16. The number of hydrogen-bond acceptors (Lipinski definition) is 6. The van der Waals surface area contributed by atoms with Gasteiger partial charge in [-0.2, -0.15) is 0 Å². The monoisotopic (exact) mass is 562 g/mol. The molecule has 0 saturated carbocycles. The predicted molar refractivity (Wildman–Crippen MR) is 157 cm³/mol. The van der Waals surface area contributed by atoms with Crippen LogP contribution >= 0.6 is 0 Å². The average Bonchev–Trinajstić information content (AvgIpc) is 3.50. The van der Waals surface area contributed by atoms with E-state index < -0.39 is 12.1 Å². The van der Waals surface area contributed by atoms with Gasteiger partial charge in [-0.1, -0.05) is 58.9 Å². The number of carboxylic acid groups (broad SMARTS) is 1. The van der Waals surface area contributed by atoms with Gasteiger partial charge in [0.2, 0.25) is 5.89 Å². The van der Waals surface area contributed by atoms with Gasteiger partial charge >= 0.3 is 12.1 Å². The summed E-state index contributed by atoms with van der Waals surface area (Å²) < 4.78 is 17.5. The highest BCUT2D eigenvalue weighted by Crippen LogP contribution is 2.36. The number of amides is 1. The number of aryl methyl sites for hydroxylation is 1. The van der Waals surface area contributed by atoms with Crippen molar-refractivity contribution >= 4 is 12.1 Å². The molecule has 0 radical (unpaired) electrons. The molecule has 4 rings (SSSR count). The fourth-order valence-electron chi connectivity index (χ4n) is 5.16. The molecule has 1 aromatic heterocycles. The Labute approximate surface area is 242 Å². The third kappa shape index (κ3) is 7.90. The van der Waals surface area contributed by atoms with Gasteiger partial charge in [-0.15, -0.1) is 0 Å². The first-order chi connectivity index (χ1) is 19.4. The van der Waals surface area contributed by atoms with Crippen molar-refractivity contribution in [1.82, 2.24) is 9.88 Å². The quantitative estimate of drug-likeness (QED) is 0.288. The Balaban J connectivity index is 1.39. The van der Waals surface area contributed by atoms with Crippen LogP contribution in [0.5, 0.6) is 5.75 Å². The molecule has 1 aliphatic rings. The summed E-state index contributed by atoms with van der Waals surface area (Å²) in [4.78, 5) is 30.5. The van der Waals surface area contributed by atoms with Crippen molar-refractivity contribution in [1.29, 1.82) is 0 Å². The lowest BCUT2D eigenvalue weighted by molar-refractivity contribution is -0.138. The van der Waals surface area contributed by atoms with E-state index in [1.807, 2.05) is 57.2 Å². The first kappa shape index (κ1) is 30.2. The number of carbonyl (C=O) groups excluding carboxylic acids is 1. The molecule has 1 fully saturated rings. The van der Waals surface area contributed by atoms with E-state index in [-0.39, 0.29) is 29.6 Å². The SMILES string of the molecule is Cc1oc(-c2ccc(C(C)(C)C)cc2)nc1CCOc1cccc([C@@H]2CN(C(=O)OCC(C)C)C[C@@H]2CC(=O)O)c1. The van der Waals surface area contributed by atoms with Crippen molar-refractivity contribution in [3.05, 3.63) is 71.1 Å². The molecule has 220 valence electrons. The molecule has 2 aromatic carbocycles. The van der Waals surface area contributed by atoms with Crippen molar-refractivity contribution in [2.45, 2.75) is 65.7 Å². The molecule has 8 nitrogen and oxygen atoms in total. The van der Waals surface area contributed by atoms with E-state index >= 15 is 0 Å². The van der Waals surface area contributed by atoms with Crippen LogP contribution < -0.4 is 4.74 Å². The molecule has 1 amide bonds. The lowest BCUT2D eigenvalue weighted by Gasteiger charge is -2.18. The highest BCUT2D eigenvalue weighted by Gasteiger charge is 2.38. The van der Waals surface area contributed by atoms with Crippen LogP contribution in [0.4, 0.5) is 4.79 Å². The standard InChI is InChI=1S/C33H42N2O6/c1-21(2)20-40-32(38)35-18-25(17-30(36)37)28(19-35)24-8-7-9-27(16-24)39-15-14-29-22(3)41-31(34-29)23-10-12-26(13-11-23)33(4,5)6/h7-13,16,21,25,28H,14-15,17-20H2,1-6H3,(H,36,37)/t25-,28-/m0/s1. The normalized spacial score (nSPS) is 17.2. The Morgan fingerprint density at radius 1 is 1.12 bits per heavy atom. The van der Waals surface area contributed by atoms with Crippen LogP contribution in [0.1, 0.15) is 69.5 Å². The number of ether oxygens (including phenoxy) is 2. The van der Waals surface area contributed by atoms with Crippen LogP contribution in [0.3, 0.4) is 0 Å². The minimum absolute atomic E-state index is 0.0174. The summed E-state index contributed by atoms with van der Waals surface area (Å²) >= 11 is 0. The number of aromatic nitrogens is 1. The van der Waals surface area contributed by atoms with Crippen LogP contribution in [0.2, 0.25) is 0 Å². The summed E-state index contributed by atoms with van der Waals surface area (Å²) in [6, 6.07) is 16.0. The molecule has 0 aliphatic carbocycles. The van der Waals surface area contributed by atoms with Gasteiger partial charge in [-0.25, -0.2) is 9.78 Å². The third-order valence-electron chi connectivity index (χ3n) is 7.46. The van der Waals surface area contributed by atoms with Gasteiger partial charge in [0.15, 0.2) is 0 Å². The van der Waals surface area contributed by atoms with Crippen molar-refractivity contribution in [2.75, 3.05) is 26.3 Å². The molecule has 1 N–H and O–H groups in total. The van der Waals surface area contributed by atoms with E-state index in [9.17, 15) is 14.7 Å². The largest absolute Gasteiger partial charge is 0.493 e. The van der Waals surface area contributed by atoms with Gasteiger partial charge in [0, 0.05) is 31.0 Å². The van der Waals surface area contributed by atoms with E-state index in [2.05, 4.69) is 32.9 Å². The lowest BCUT2D eigenvalue weighted by atomic mass is 9.87. The molecule has 1 aliphatic heterocycles. The predicted octanol–water partition coefficient (Wildman–Crippen LogP) is 6.85. The Kier molecular flexibility index (Phi) is 9.41. The Morgan fingerprint density at radius 2 is 1.85 bits per heavy atom. The third-order valence-corrected chi connectivity index (χ3v) is 7.46. The molecule has 0 spiro atoms. The van der Waals surface area contributed by atoms with Gasteiger partial charge in [0.1, 0.15) is 11.5 Å². The fraction of sp³-hybridized carbons (Fsp3) is 0.485. The maximum absolute atomic E-state index is 12.6. The maximum atomic E-state index is 12.6. The summed E-state index contributed by atoms with van der Waals surface area (Å²) in [5, 5.41) is 9.49. The highest BCUT2D eigenvalue weighted by atomic mass is 16.6. The maximum Gasteiger partial charge on any atom is 0.409 e. The first-order valence-corrected chi connectivity index (χ1v) is 14.3. The average molecular weight is 563 g/mol. The summed E-state index contributed by atoms with van der Waals surface area (Å²) in [5.74, 6) is 1.09. The second-order valence-corrected chi connectivity index (χ2v) is 12.4. The number of nitrogens with zero attached hydrogens (tertiary/aromatic N) is 2. The second-order valence-electron chi connectivity index (χ2n) is 12.4. The molecule has 0 bridgehead atoms. The minimum Gasteiger partial charge on any atom is -0.493 e. The zero-order chi connectivity index (χ0) is 29.7. The van der Waals surface area contributed by atoms with E-state index in [0.717, 1.165) is 22.6 Å². The molecule has 2 atom stereocenters. The van der Waals surface area contributed by atoms with E-state index in [1.165, 1.54) is 5.56 Å². The summed E-state index contributed by atoms with van der Waals surface area (Å²) in [5.41, 5.74) is 4.08. The lowest BCUT2D eigenvalue weighted by Crippen LogP contribution is -2.30. The molecular formula is C33H42N2O6. The van der Waals surface area contributed by atoms with E-state index in [0.29, 0.717) is 44.4 Å². The highest BCUT2D eigenvalue weighted by molar-refractivity contribution is 5.70. The number of hydrogen-bond donors (Lipinski definition) is 1. The van der Waals surface area contributed by atoms with Crippen molar-refractivity contribution in [2.24, 2.45) is 11.8 Å². The topological polar surface area (TPSA) is 102 Å². The van der Waals surface area contributed by atoms with Gasteiger partial charge in [-0.3, -0.25) is 4.79 Å². The number of carboxylic acids is 1. The van der Waals surface area contributed by atoms with Crippen LogP contribution in [0.25, 0.3) is 11.5 Å². The van der Waals surface area contributed by atoms with Crippen molar-refractivity contribution < 1.29 is 28.6 Å². The smallest absolute Gasteiger partial charge is 0.409 e. The van der Waals surface area contributed by atoms with Crippen LogP contribution in [-0.2, 0) is 21.4 Å². The molecule has 2 heterocycles. The van der Waals surface area contributed by atoms with E-state index in [1.54, 1.807) is 4.90 Å². The number of carbonyl (C=O) groups is 2. The summed E-state index contributed by atoms with van der Waals surface area (Å²) in [6.07, 6.45) is 0.174. The number of aliphatic carboxylic acids is 1. The number of rotatable bonds is 10. The minimum atomic E-state index is -0.878. The summed E-state index contributed by atoms with van der Waals surface area (Å²) in [7, 11) is 0. The number of benzene rings is 2. The van der Waals surface area contributed by atoms with Crippen LogP contribution in [0, 0.1) is 18.8 Å². The molecule has 3 aromatic rings. The first-order valence-electron chi connectivity index (χ1n) is 14.3. The van der Waals surface area contributed by atoms with Gasteiger partial charge in [0.25, 0.3) is 0 Å². The van der Waals surface area contributed by atoms with Gasteiger partial charge in [-0.05, 0) is 59.6 Å². The Morgan fingerprint density at radius 3 is 2.51 bits per heavy atom. The van der Waals surface area contributed by atoms with Gasteiger partial charge < -0.3 is 23.9 Å². The zero-order valence-electron chi connectivity index (χ0n) is 25.0. The van der Waals surface area contributed by atoms with Crippen LogP contribution in [0.15, 0.2) is 52.9 Å². The summed E-state index contributed by atoms with van der Waals surface area (Å²) in [6.45, 7) is 13.9. The zero-order valence-corrected chi connectivity index (χ0v) is 25.0. The molecule has 8 heteroatoms. The van der Waals surface area contributed by atoms with Gasteiger partial charge in [0.05, 0.1) is 25.3 Å². The molecule has 0 unspecified atom stereocenters. The van der Waals surface area contributed by atoms with Crippen LogP contribution in [-0.4, -0.2) is 53.4 Å². The van der Waals surface area contributed by atoms with Crippen molar-refractivity contribution in [3.8, 4) is 17.2 Å². The van der Waals surface area contributed by atoms with E-state index in [4.69, 9.17) is 18.9 Å². The Bertz CT molecular complexity index is 1340. The second kappa shape index (κ2) is 12.8.